The van der Waals surface area contributed by atoms with Gasteiger partial charge in [0.15, 0.2) is 4.90 Å². The first-order valence-corrected chi connectivity index (χ1v) is 9.42. The fraction of sp³-hybridized carbons (Fsp3) is 0.118. The molecule has 7 nitrogen and oxygen atoms in total. The van der Waals surface area contributed by atoms with Gasteiger partial charge in [0.1, 0.15) is 23.6 Å². The van der Waals surface area contributed by atoms with Crippen molar-refractivity contribution in [2.75, 3.05) is 0 Å². The topological polar surface area (TPSA) is 105 Å². The van der Waals surface area contributed by atoms with E-state index in [1.54, 1.807) is 0 Å². The molecule has 0 spiro atoms. The van der Waals surface area contributed by atoms with E-state index in [0.717, 1.165) is 29.0 Å². The number of benzene rings is 2. The molecule has 0 aliphatic rings. The van der Waals surface area contributed by atoms with Crippen LogP contribution in [0, 0.1) is 18.6 Å². The second-order valence-corrected chi connectivity index (χ2v) is 7.53. The fourth-order valence-corrected chi connectivity index (χ4v) is 3.40. The molecule has 2 aromatic carbocycles. The highest BCUT2D eigenvalue weighted by Crippen LogP contribution is 2.30. The Kier molecular flexibility index (Phi) is 5.20. The smallest absolute Gasteiger partial charge is 0.415 e. The van der Waals surface area contributed by atoms with Crippen LogP contribution in [0.2, 0.25) is 0 Å². The molecule has 0 atom stereocenters. The molecule has 0 fully saturated rings. The summed E-state index contributed by atoms with van der Waals surface area (Å²) >= 11 is 0. The highest BCUT2D eigenvalue weighted by Gasteiger charge is 2.32. The van der Waals surface area contributed by atoms with Crippen molar-refractivity contribution >= 4 is 10.0 Å². The van der Waals surface area contributed by atoms with Crippen LogP contribution in [0.25, 0.3) is 16.9 Å². The number of halogens is 5. The van der Waals surface area contributed by atoms with Crippen molar-refractivity contribution in [1.82, 2.24) is 4.57 Å². The number of alkyl halides is 3. The predicted octanol–water partition coefficient (Wildman–Crippen LogP) is 3.23. The van der Waals surface area contributed by atoms with Gasteiger partial charge in [0, 0.05) is 5.56 Å². The summed E-state index contributed by atoms with van der Waals surface area (Å²) < 4.78 is 97.6. The Hall–Kier alpha value is -3.19. The molecule has 2 N–H and O–H groups in total. The van der Waals surface area contributed by atoms with Gasteiger partial charge in [0.2, 0.25) is 10.0 Å². The summed E-state index contributed by atoms with van der Waals surface area (Å²) in [6.45, 7) is 1.29. The number of nitrogens with two attached hydrogens (primary N) is 1. The van der Waals surface area contributed by atoms with Crippen molar-refractivity contribution in [1.29, 1.82) is 0 Å². The van der Waals surface area contributed by atoms with Crippen molar-refractivity contribution in [2.45, 2.75) is 18.2 Å². The van der Waals surface area contributed by atoms with Crippen LogP contribution >= 0.6 is 0 Å². The third kappa shape index (κ3) is 4.21. The molecule has 0 aliphatic carbocycles. The highest BCUT2D eigenvalue weighted by molar-refractivity contribution is 7.89. The maximum atomic E-state index is 14.2. The van der Waals surface area contributed by atoms with Crippen LogP contribution in [0.1, 0.15) is 5.56 Å². The molecular formula is C17H11F5N2O5S. The first-order valence-electron chi connectivity index (χ1n) is 7.87. The number of ether oxygens (including phenoxy) is 1. The maximum absolute atomic E-state index is 14.2. The second kappa shape index (κ2) is 7.25. The van der Waals surface area contributed by atoms with Gasteiger partial charge in [0.05, 0.1) is 11.4 Å². The van der Waals surface area contributed by atoms with Crippen molar-refractivity contribution in [2.24, 2.45) is 5.14 Å². The zero-order valence-electron chi connectivity index (χ0n) is 14.8. The summed E-state index contributed by atoms with van der Waals surface area (Å²) in [5, 5.41) is 4.77. The van der Waals surface area contributed by atoms with E-state index in [0.29, 0.717) is 12.1 Å². The molecule has 30 heavy (non-hydrogen) atoms. The normalized spacial score (nSPS) is 12.2. The molecule has 1 aromatic heterocycles. The molecule has 1 heterocycles. The van der Waals surface area contributed by atoms with E-state index >= 15 is 0 Å². The molecule has 0 radical (unpaired) electrons. The SMILES string of the molecule is Cc1cc(-n2c(-c3cc(F)c(S(N)(=O)=O)c(F)c3)coc2=O)ccc1OC(F)(F)F. The summed E-state index contributed by atoms with van der Waals surface area (Å²) in [6.07, 6.45) is -4.08. The van der Waals surface area contributed by atoms with E-state index in [9.17, 15) is 35.2 Å². The van der Waals surface area contributed by atoms with E-state index < -0.39 is 44.4 Å². The molecule has 160 valence electrons. The van der Waals surface area contributed by atoms with Gasteiger partial charge in [-0.1, -0.05) is 0 Å². The number of primary sulfonamides is 1. The van der Waals surface area contributed by atoms with Crippen LogP contribution < -0.4 is 15.6 Å². The molecule has 3 rings (SSSR count). The maximum Gasteiger partial charge on any atom is 0.573 e. The minimum atomic E-state index is -4.93. The third-order valence-corrected chi connectivity index (χ3v) is 4.87. The molecule has 0 bridgehead atoms. The zero-order chi connectivity index (χ0) is 22.4. The van der Waals surface area contributed by atoms with Crippen molar-refractivity contribution in [3.05, 3.63) is 64.3 Å². The number of hydrogen-bond donors (Lipinski definition) is 1. The lowest BCUT2D eigenvalue weighted by Gasteiger charge is -2.13. The van der Waals surface area contributed by atoms with E-state index in [1.165, 1.54) is 6.92 Å². The van der Waals surface area contributed by atoms with Gasteiger partial charge in [-0.15, -0.1) is 13.2 Å². The van der Waals surface area contributed by atoms with Crippen LogP contribution in [-0.4, -0.2) is 19.3 Å². The van der Waals surface area contributed by atoms with E-state index in [4.69, 9.17) is 9.56 Å². The molecule has 0 aliphatic heterocycles. The summed E-state index contributed by atoms with van der Waals surface area (Å²) in [6, 6.07) is 4.45. The van der Waals surface area contributed by atoms with Crippen LogP contribution in [0.4, 0.5) is 22.0 Å². The molecule has 13 heteroatoms. The van der Waals surface area contributed by atoms with Gasteiger partial charge >= 0.3 is 12.1 Å². The Labute approximate surface area is 165 Å². The molecular weight excluding hydrogens is 439 g/mol. The number of oxazole rings is 1. The molecule has 3 aromatic rings. The predicted molar refractivity (Wildman–Crippen MR) is 92.5 cm³/mol. The first kappa shape index (κ1) is 21.5. The minimum absolute atomic E-state index is 0.00538. The Bertz CT molecular complexity index is 1270. The fourth-order valence-electron chi connectivity index (χ4n) is 2.74. The lowest BCUT2D eigenvalue weighted by molar-refractivity contribution is -0.274. The lowest BCUT2D eigenvalue weighted by Crippen LogP contribution is -2.18. The van der Waals surface area contributed by atoms with Crippen LogP contribution in [0.5, 0.6) is 5.75 Å². The summed E-state index contributed by atoms with van der Waals surface area (Å²) in [5.41, 5.74) is -0.461. The summed E-state index contributed by atoms with van der Waals surface area (Å²) in [5.74, 6) is -4.53. The number of aromatic nitrogens is 1. The average molecular weight is 450 g/mol. The average Bonchev–Trinajstić information content (AvgIpc) is 2.95. The number of aryl methyl sites for hydroxylation is 1. The molecule has 0 saturated heterocycles. The summed E-state index contributed by atoms with van der Waals surface area (Å²) in [7, 11) is -4.69. The Morgan fingerprint density at radius 3 is 2.20 bits per heavy atom. The van der Waals surface area contributed by atoms with Gasteiger partial charge in [-0.3, -0.25) is 0 Å². The number of rotatable bonds is 4. The van der Waals surface area contributed by atoms with Gasteiger partial charge < -0.3 is 9.15 Å². The van der Waals surface area contributed by atoms with Crippen molar-refractivity contribution in [3.63, 3.8) is 0 Å². The van der Waals surface area contributed by atoms with E-state index in [2.05, 4.69) is 4.74 Å². The standard InChI is InChI=1S/C17H11F5N2O5S/c1-8-4-10(2-3-14(8)29-17(20,21)22)24-13(7-28-16(24)25)9-5-11(18)15(12(19)6-9)30(23,26)27/h2-7H,1H3,(H2,23,26,27). The number of nitrogens with zero attached hydrogens (tertiary/aromatic N) is 1. The van der Waals surface area contributed by atoms with E-state index in [1.807, 2.05) is 0 Å². The lowest BCUT2D eigenvalue weighted by atomic mass is 10.1. The third-order valence-electron chi connectivity index (χ3n) is 3.92. The van der Waals surface area contributed by atoms with Gasteiger partial charge in [-0.2, -0.15) is 0 Å². The van der Waals surface area contributed by atoms with E-state index in [-0.39, 0.29) is 22.5 Å². The molecule has 0 saturated carbocycles. The minimum Gasteiger partial charge on any atom is -0.415 e. The molecule has 0 unspecified atom stereocenters. The van der Waals surface area contributed by atoms with Crippen LogP contribution in [-0.2, 0) is 10.0 Å². The Balaban J connectivity index is 2.14. The Morgan fingerprint density at radius 2 is 1.70 bits per heavy atom. The second-order valence-electron chi connectivity index (χ2n) is 6.03. The number of hydrogen-bond acceptors (Lipinski definition) is 5. The quantitative estimate of drug-likeness (QED) is 0.615. The number of sulfonamides is 1. The first-order chi connectivity index (χ1) is 13.8. The van der Waals surface area contributed by atoms with Gasteiger partial charge in [-0.25, -0.2) is 31.7 Å². The zero-order valence-corrected chi connectivity index (χ0v) is 15.6. The van der Waals surface area contributed by atoms with Crippen molar-refractivity contribution in [3.8, 4) is 22.7 Å². The monoisotopic (exact) mass is 450 g/mol. The van der Waals surface area contributed by atoms with Gasteiger partial charge in [-0.05, 0) is 42.8 Å². The van der Waals surface area contributed by atoms with Crippen LogP contribution in [0.3, 0.4) is 0 Å². The van der Waals surface area contributed by atoms with Gasteiger partial charge in [0.25, 0.3) is 0 Å². The summed E-state index contributed by atoms with van der Waals surface area (Å²) in [4.78, 5) is 10.8. The highest BCUT2D eigenvalue weighted by atomic mass is 32.2. The Morgan fingerprint density at radius 1 is 1.10 bits per heavy atom. The van der Waals surface area contributed by atoms with Crippen LogP contribution in [0.15, 0.2) is 50.7 Å². The van der Waals surface area contributed by atoms with Crippen molar-refractivity contribution < 1.29 is 39.5 Å². The largest absolute Gasteiger partial charge is 0.573 e. The molecule has 0 amide bonds.